The van der Waals surface area contributed by atoms with Gasteiger partial charge in [0.05, 0.1) is 11.1 Å². The predicted molar refractivity (Wildman–Crippen MR) is 135 cm³/mol. The number of aromatic nitrogens is 2. The number of rotatable bonds is 8. The molecular weight excluding hydrogens is 438 g/mol. The lowest BCUT2D eigenvalue weighted by Crippen LogP contribution is -2.32. The Morgan fingerprint density at radius 2 is 1.84 bits per heavy atom. The first-order valence-electron chi connectivity index (χ1n) is 10.3. The Balaban J connectivity index is 1.67. The van der Waals surface area contributed by atoms with Crippen molar-refractivity contribution in [1.82, 2.24) is 9.55 Å². The van der Waals surface area contributed by atoms with Crippen molar-refractivity contribution < 1.29 is 4.79 Å². The highest BCUT2D eigenvalue weighted by molar-refractivity contribution is 7.99. The third-order valence-corrected chi connectivity index (χ3v) is 6.90. The van der Waals surface area contributed by atoms with E-state index in [1.165, 1.54) is 23.1 Å². The Morgan fingerprint density at radius 1 is 1.16 bits per heavy atom. The first-order chi connectivity index (χ1) is 15.6. The van der Waals surface area contributed by atoms with E-state index in [0.29, 0.717) is 28.5 Å². The van der Waals surface area contributed by atoms with Gasteiger partial charge in [-0.1, -0.05) is 66.4 Å². The smallest absolute Gasteiger partial charge is 0.263 e. The highest BCUT2D eigenvalue weighted by Gasteiger charge is 2.19. The summed E-state index contributed by atoms with van der Waals surface area (Å²) in [5, 5.41) is 3.11. The first-order valence-corrected chi connectivity index (χ1v) is 12.2. The van der Waals surface area contributed by atoms with E-state index in [9.17, 15) is 9.59 Å². The zero-order valence-corrected chi connectivity index (χ0v) is 19.4. The molecule has 0 saturated heterocycles. The molecule has 0 bridgehead atoms. The standard InChI is InChI=1S/C25H23N3O2S2/c1-3-15-28-24(30)22-20(18-11-7-5-8-12-18)16-31-23(22)26-25(28)32-17-21(29)27(4-2)19-13-9-6-10-14-19/h3,5-14,16H,1,4,15,17H2,2H3. The van der Waals surface area contributed by atoms with Crippen LogP contribution < -0.4 is 10.5 Å². The maximum Gasteiger partial charge on any atom is 0.263 e. The number of hydrogen-bond acceptors (Lipinski definition) is 5. The SMILES string of the molecule is C=CCn1c(SCC(=O)N(CC)c2ccccc2)nc2scc(-c3ccccc3)c2c1=O. The number of allylic oxidation sites excluding steroid dienone is 1. The van der Waals surface area contributed by atoms with Crippen molar-refractivity contribution in [1.29, 1.82) is 0 Å². The molecule has 0 aliphatic heterocycles. The van der Waals surface area contributed by atoms with Crippen molar-refractivity contribution in [3.63, 3.8) is 0 Å². The lowest BCUT2D eigenvalue weighted by atomic mass is 10.1. The minimum absolute atomic E-state index is 0.0284. The van der Waals surface area contributed by atoms with Gasteiger partial charge >= 0.3 is 0 Å². The van der Waals surface area contributed by atoms with Gasteiger partial charge in [0.1, 0.15) is 4.83 Å². The predicted octanol–water partition coefficient (Wildman–Crippen LogP) is 5.46. The van der Waals surface area contributed by atoms with Crippen LogP contribution >= 0.6 is 23.1 Å². The molecule has 0 N–H and O–H groups in total. The fraction of sp³-hybridized carbons (Fsp3) is 0.160. The Hall–Kier alpha value is -3.16. The van der Waals surface area contributed by atoms with Gasteiger partial charge in [-0.15, -0.1) is 17.9 Å². The van der Waals surface area contributed by atoms with Gasteiger partial charge in [-0.3, -0.25) is 14.2 Å². The summed E-state index contributed by atoms with van der Waals surface area (Å²) in [5.41, 5.74) is 2.62. The molecular formula is C25H23N3O2S2. The van der Waals surface area contributed by atoms with Crippen molar-refractivity contribution in [2.45, 2.75) is 18.6 Å². The summed E-state index contributed by atoms with van der Waals surface area (Å²) in [7, 11) is 0. The lowest BCUT2D eigenvalue weighted by Gasteiger charge is -2.21. The van der Waals surface area contributed by atoms with E-state index in [1.54, 1.807) is 15.5 Å². The molecule has 1 amide bonds. The molecule has 5 nitrogen and oxygen atoms in total. The van der Waals surface area contributed by atoms with Gasteiger partial charge < -0.3 is 4.90 Å². The Kier molecular flexibility index (Phi) is 6.87. The molecule has 7 heteroatoms. The zero-order chi connectivity index (χ0) is 22.5. The molecule has 0 aliphatic rings. The van der Waals surface area contributed by atoms with E-state index in [0.717, 1.165) is 16.8 Å². The van der Waals surface area contributed by atoms with Gasteiger partial charge in [0.15, 0.2) is 5.16 Å². The molecule has 32 heavy (non-hydrogen) atoms. The topological polar surface area (TPSA) is 55.2 Å². The molecule has 0 saturated carbocycles. The van der Waals surface area contributed by atoms with Crippen LogP contribution in [0.1, 0.15) is 6.92 Å². The molecule has 2 aromatic heterocycles. The van der Waals surface area contributed by atoms with Crippen molar-refractivity contribution in [2.75, 3.05) is 17.2 Å². The third-order valence-electron chi connectivity index (χ3n) is 5.07. The summed E-state index contributed by atoms with van der Waals surface area (Å²) >= 11 is 2.73. The quantitative estimate of drug-likeness (QED) is 0.199. The van der Waals surface area contributed by atoms with Crippen molar-refractivity contribution in [2.24, 2.45) is 0 Å². The summed E-state index contributed by atoms with van der Waals surface area (Å²) in [5.74, 6) is 0.161. The number of carbonyl (C=O) groups is 1. The van der Waals surface area contributed by atoms with Crippen molar-refractivity contribution >= 4 is 44.9 Å². The van der Waals surface area contributed by atoms with E-state index in [2.05, 4.69) is 6.58 Å². The van der Waals surface area contributed by atoms with Crippen LogP contribution in [0.4, 0.5) is 5.69 Å². The fourth-order valence-corrected chi connectivity index (χ4v) is 5.42. The summed E-state index contributed by atoms with van der Waals surface area (Å²) in [6, 6.07) is 19.4. The third kappa shape index (κ3) is 4.40. The number of thioether (sulfide) groups is 1. The fourth-order valence-electron chi connectivity index (χ4n) is 3.55. The van der Waals surface area contributed by atoms with Gasteiger partial charge in [-0.05, 0) is 24.6 Å². The summed E-state index contributed by atoms with van der Waals surface area (Å²) in [4.78, 5) is 33.5. The van der Waals surface area contributed by atoms with Crippen LogP contribution in [0.15, 0.2) is 88.6 Å². The van der Waals surface area contributed by atoms with Gasteiger partial charge in [-0.25, -0.2) is 4.98 Å². The minimum atomic E-state index is -0.111. The molecule has 0 radical (unpaired) electrons. The average molecular weight is 462 g/mol. The summed E-state index contributed by atoms with van der Waals surface area (Å²) in [6.45, 7) is 6.64. The van der Waals surface area contributed by atoms with Gasteiger partial charge in [-0.2, -0.15) is 0 Å². The molecule has 0 aliphatic carbocycles. The minimum Gasteiger partial charge on any atom is -0.312 e. The monoisotopic (exact) mass is 461 g/mol. The van der Waals surface area contributed by atoms with E-state index < -0.39 is 0 Å². The Bertz CT molecular complexity index is 1300. The molecule has 162 valence electrons. The van der Waals surface area contributed by atoms with Crippen LogP contribution in [-0.2, 0) is 11.3 Å². The Labute approximate surface area is 195 Å². The summed E-state index contributed by atoms with van der Waals surface area (Å²) < 4.78 is 1.60. The van der Waals surface area contributed by atoms with Gasteiger partial charge in [0.25, 0.3) is 5.56 Å². The number of anilines is 1. The molecule has 2 heterocycles. The van der Waals surface area contributed by atoms with Crippen molar-refractivity contribution in [3.8, 4) is 11.1 Å². The molecule has 4 rings (SSSR count). The zero-order valence-electron chi connectivity index (χ0n) is 17.7. The maximum absolute atomic E-state index is 13.4. The molecule has 4 aromatic rings. The van der Waals surface area contributed by atoms with Gasteiger partial charge in [0, 0.05) is 29.7 Å². The first kappa shape index (κ1) is 22.0. The highest BCUT2D eigenvalue weighted by atomic mass is 32.2. The molecule has 0 unspecified atom stereocenters. The number of carbonyl (C=O) groups excluding carboxylic acids is 1. The second-order valence-electron chi connectivity index (χ2n) is 7.06. The van der Waals surface area contributed by atoms with E-state index in [-0.39, 0.29) is 17.2 Å². The number of amides is 1. The second kappa shape index (κ2) is 9.97. The van der Waals surface area contributed by atoms with Gasteiger partial charge in [0.2, 0.25) is 5.91 Å². The normalized spacial score (nSPS) is 10.9. The van der Waals surface area contributed by atoms with E-state index in [4.69, 9.17) is 4.98 Å². The number of benzene rings is 2. The van der Waals surface area contributed by atoms with Crippen LogP contribution in [0.3, 0.4) is 0 Å². The number of nitrogens with zero attached hydrogens (tertiary/aromatic N) is 3. The van der Waals surface area contributed by atoms with E-state index >= 15 is 0 Å². The molecule has 0 spiro atoms. The number of fused-ring (bicyclic) bond motifs is 1. The number of hydrogen-bond donors (Lipinski definition) is 0. The molecule has 0 fully saturated rings. The number of para-hydroxylation sites is 1. The Morgan fingerprint density at radius 3 is 2.50 bits per heavy atom. The maximum atomic E-state index is 13.4. The van der Waals surface area contributed by atoms with Crippen LogP contribution in [0.2, 0.25) is 0 Å². The molecule has 2 aromatic carbocycles. The van der Waals surface area contributed by atoms with Crippen LogP contribution in [0, 0.1) is 0 Å². The molecule has 0 atom stereocenters. The van der Waals surface area contributed by atoms with Crippen LogP contribution in [-0.4, -0.2) is 27.8 Å². The second-order valence-corrected chi connectivity index (χ2v) is 8.86. The summed E-state index contributed by atoms with van der Waals surface area (Å²) in [6.07, 6.45) is 1.68. The highest BCUT2D eigenvalue weighted by Crippen LogP contribution is 2.32. The average Bonchev–Trinajstić information content (AvgIpc) is 3.26. The van der Waals surface area contributed by atoms with Crippen molar-refractivity contribution in [3.05, 3.63) is 89.1 Å². The van der Waals surface area contributed by atoms with E-state index in [1.807, 2.05) is 73.0 Å². The van der Waals surface area contributed by atoms with Crippen LogP contribution in [0.5, 0.6) is 0 Å². The number of thiophene rings is 1. The largest absolute Gasteiger partial charge is 0.312 e. The lowest BCUT2D eigenvalue weighted by molar-refractivity contribution is -0.116. The van der Waals surface area contributed by atoms with Crippen LogP contribution in [0.25, 0.3) is 21.3 Å².